The number of carbonyl (C=O) groups excluding carboxylic acids is 2. The molecule has 5 nitrogen and oxygen atoms in total. The molecule has 0 spiro atoms. The Hall–Kier alpha value is -1.74. The van der Waals surface area contributed by atoms with Crippen LogP contribution in [0.2, 0.25) is 0 Å². The van der Waals surface area contributed by atoms with Crippen LogP contribution in [0.4, 0.5) is 0 Å². The van der Waals surface area contributed by atoms with Crippen molar-refractivity contribution >= 4 is 56.5 Å². The summed E-state index contributed by atoms with van der Waals surface area (Å²) < 4.78 is 1.71. The highest BCUT2D eigenvalue weighted by molar-refractivity contribution is 14.1. The van der Waals surface area contributed by atoms with Gasteiger partial charge in [0, 0.05) is 13.6 Å². The van der Waals surface area contributed by atoms with E-state index in [0.717, 1.165) is 13.6 Å². The van der Waals surface area contributed by atoms with Gasteiger partial charge in [-0.25, -0.2) is 5.43 Å². The van der Waals surface area contributed by atoms with Crippen LogP contribution in [0.1, 0.15) is 15.9 Å². The van der Waals surface area contributed by atoms with Gasteiger partial charge in [-0.3, -0.25) is 9.59 Å². The summed E-state index contributed by atoms with van der Waals surface area (Å²) in [5.74, 6) is -0.687. The van der Waals surface area contributed by atoms with Crippen LogP contribution in [0, 0.1) is 3.57 Å². The van der Waals surface area contributed by atoms with Gasteiger partial charge in [-0.15, -0.1) is 0 Å². The number of amides is 2. The fourth-order valence-electron chi connectivity index (χ4n) is 1.69. The fraction of sp³-hybridized carbons (Fsp3) is 0.0625. The van der Waals surface area contributed by atoms with Gasteiger partial charge in [0.1, 0.15) is 0 Å². The zero-order valence-corrected chi connectivity index (χ0v) is 15.7. The average molecular weight is 486 g/mol. The fourth-order valence-corrected chi connectivity index (χ4v) is 2.71. The van der Waals surface area contributed by atoms with Crippen molar-refractivity contribution in [1.82, 2.24) is 10.7 Å². The minimum absolute atomic E-state index is 0.142. The maximum absolute atomic E-state index is 12.0. The van der Waals surface area contributed by atoms with Crippen molar-refractivity contribution in [2.75, 3.05) is 6.54 Å². The van der Waals surface area contributed by atoms with Crippen LogP contribution in [0.3, 0.4) is 0 Å². The number of nitrogens with one attached hydrogen (secondary N) is 2. The van der Waals surface area contributed by atoms with E-state index in [4.69, 9.17) is 0 Å². The standard InChI is InChI=1S/C16H13BrIN3O2/c17-13-7-3-1-5-11(13)9-20-21-15(22)10-19-16(23)12-6-2-4-8-14(12)18/h1-9H,10H2,(H,19,23)(H,21,22). The van der Waals surface area contributed by atoms with E-state index in [2.05, 4.69) is 54.4 Å². The molecule has 0 unspecified atom stereocenters. The van der Waals surface area contributed by atoms with E-state index in [0.29, 0.717) is 5.56 Å². The van der Waals surface area contributed by atoms with Crippen molar-refractivity contribution < 1.29 is 9.59 Å². The normalized spacial score (nSPS) is 10.5. The molecule has 0 aliphatic heterocycles. The molecule has 0 aromatic heterocycles. The highest BCUT2D eigenvalue weighted by atomic mass is 127. The molecule has 0 saturated carbocycles. The smallest absolute Gasteiger partial charge is 0.259 e. The number of carbonyl (C=O) groups is 2. The van der Waals surface area contributed by atoms with E-state index in [1.165, 1.54) is 6.21 Å². The Morgan fingerprint density at radius 2 is 1.83 bits per heavy atom. The molecule has 0 bridgehead atoms. The molecular weight excluding hydrogens is 473 g/mol. The first kappa shape index (κ1) is 17.6. The van der Waals surface area contributed by atoms with Gasteiger partial charge in [0.15, 0.2) is 0 Å². The van der Waals surface area contributed by atoms with Crippen LogP contribution in [-0.2, 0) is 4.79 Å². The molecule has 2 rings (SSSR count). The van der Waals surface area contributed by atoms with Gasteiger partial charge in [0.2, 0.25) is 0 Å². The maximum atomic E-state index is 12.0. The molecule has 0 atom stereocenters. The summed E-state index contributed by atoms with van der Waals surface area (Å²) in [6.07, 6.45) is 1.53. The highest BCUT2D eigenvalue weighted by Gasteiger charge is 2.10. The van der Waals surface area contributed by atoms with E-state index in [1.807, 2.05) is 36.4 Å². The molecule has 7 heteroatoms. The van der Waals surface area contributed by atoms with Gasteiger partial charge in [-0.2, -0.15) is 5.10 Å². The molecule has 23 heavy (non-hydrogen) atoms. The van der Waals surface area contributed by atoms with Crippen LogP contribution in [0.25, 0.3) is 0 Å². The number of hydrogen-bond donors (Lipinski definition) is 2. The van der Waals surface area contributed by atoms with Crippen molar-refractivity contribution in [2.24, 2.45) is 5.10 Å². The van der Waals surface area contributed by atoms with E-state index in [1.54, 1.807) is 12.1 Å². The van der Waals surface area contributed by atoms with E-state index >= 15 is 0 Å². The Labute approximate surface area is 155 Å². The van der Waals surface area contributed by atoms with Crippen LogP contribution >= 0.6 is 38.5 Å². The summed E-state index contributed by atoms with van der Waals surface area (Å²) >= 11 is 5.46. The third kappa shape index (κ3) is 5.43. The van der Waals surface area contributed by atoms with E-state index < -0.39 is 5.91 Å². The summed E-state index contributed by atoms with van der Waals surface area (Å²) in [4.78, 5) is 23.7. The Morgan fingerprint density at radius 1 is 1.13 bits per heavy atom. The third-order valence-corrected chi connectivity index (χ3v) is 4.49. The van der Waals surface area contributed by atoms with Gasteiger partial charge in [-0.05, 0) is 40.8 Å². The predicted octanol–water partition coefficient (Wildman–Crippen LogP) is 2.93. The lowest BCUT2D eigenvalue weighted by Gasteiger charge is -2.05. The SMILES string of the molecule is O=C(CNC(=O)c1ccccc1I)NN=Cc1ccccc1Br. The molecule has 0 aliphatic rings. The first-order valence-electron chi connectivity index (χ1n) is 6.67. The monoisotopic (exact) mass is 485 g/mol. The number of hydrogen-bond acceptors (Lipinski definition) is 3. The van der Waals surface area contributed by atoms with Crippen LogP contribution in [0.15, 0.2) is 58.1 Å². The zero-order chi connectivity index (χ0) is 16.7. The summed E-state index contributed by atoms with van der Waals surface area (Å²) in [6.45, 7) is -0.142. The lowest BCUT2D eigenvalue weighted by molar-refractivity contribution is -0.120. The van der Waals surface area contributed by atoms with Crippen molar-refractivity contribution in [2.45, 2.75) is 0 Å². The van der Waals surface area contributed by atoms with Gasteiger partial charge >= 0.3 is 0 Å². The minimum atomic E-state index is -0.396. The van der Waals surface area contributed by atoms with Gasteiger partial charge < -0.3 is 5.32 Å². The predicted molar refractivity (Wildman–Crippen MR) is 101 cm³/mol. The Morgan fingerprint density at radius 3 is 2.57 bits per heavy atom. The second-order valence-electron chi connectivity index (χ2n) is 4.48. The van der Waals surface area contributed by atoms with Crippen LogP contribution in [-0.4, -0.2) is 24.6 Å². The van der Waals surface area contributed by atoms with Crippen molar-refractivity contribution in [3.8, 4) is 0 Å². The second-order valence-corrected chi connectivity index (χ2v) is 6.49. The zero-order valence-electron chi connectivity index (χ0n) is 11.9. The number of hydrazone groups is 1. The Kier molecular flexibility index (Phi) is 6.72. The number of benzene rings is 2. The topological polar surface area (TPSA) is 70.6 Å². The quantitative estimate of drug-likeness (QED) is 0.388. The summed E-state index contributed by atoms with van der Waals surface area (Å²) in [5.41, 5.74) is 3.76. The Bertz CT molecular complexity index is 750. The first-order chi connectivity index (χ1) is 11.1. The molecule has 0 fully saturated rings. The van der Waals surface area contributed by atoms with Gasteiger partial charge in [-0.1, -0.05) is 46.3 Å². The molecule has 2 amide bonds. The maximum Gasteiger partial charge on any atom is 0.259 e. The van der Waals surface area contributed by atoms with Crippen molar-refractivity contribution in [1.29, 1.82) is 0 Å². The molecule has 0 aliphatic carbocycles. The average Bonchev–Trinajstić information content (AvgIpc) is 2.55. The van der Waals surface area contributed by atoms with Crippen molar-refractivity contribution in [3.05, 3.63) is 67.7 Å². The molecule has 2 aromatic rings. The summed E-state index contributed by atoms with van der Waals surface area (Å²) in [6, 6.07) is 14.7. The molecular formula is C16H13BrIN3O2. The number of halogens is 2. The first-order valence-corrected chi connectivity index (χ1v) is 8.54. The highest BCUT2D eigenvalue weighted by Crippen LogP contribution is 2.13. The number of rotatable bonds is 5. The van der Waals surface area contributed by atoms with Crippen LogP contribution < -0.4 is 10.7 Å². The lowest BCUT2D eigenvalue weighted by Crippen LogP contribution is -2.35. The minimum Gasteiger partial charge on any atom is -0.343 e. The van der Waals surface area contributed by atoms with E-state index in [9.17, 15) is 9.59 Å². The largest absolute Gasteiger partial charge is 0.343 e. The molecule has 2 aromatic carbocycles. The van der Waals surface area contributed by atoms with E-state index in [-0.39, 0.29) is 12.5 Å². The van der Waals surface area contributed by atoms with Gasteiger partial charge in [0.25, 0.3) is 11.8 Å². The molecule has 0 heterocycles. The van der Waals surface area contributed by atoms with Crippen LogP contribution in [0.5, 0.6) is 0 Å². The summed E-state index contributed by atoms with van der Waals surface area (Å²) in [5, 5.41) is 6.42. The number of nitrogens with zero attached hydrogens (tertiary/aromatic N) is 1. The van der Waals surface area contributed by atoms with Crippen molar-refractivity contribution in [3.63, 3.8) is 0 Å². The molecule has 0 radical (unpaired) electrons. The molecule has 118 valence electrons. The lowest BCUT2D eigenvalue weighted by atomic mass is 10.2. The third-order valence-electron chi connectivity index (χ3n) is 2.83. The Balaban J connectivity index is 1.83. The second kappa shape index (κ2) is 8.78. The summed E-state index contributed by atoms with van der Waals surface area (Å²) in [7, 11) is 0. The molecule has 2 N–H and O–H groups in total. The van der Waals surface area contributed by atoms with Gasteiger partial charge in [0.05, 0.1) is 18.3 Å². The molecule has 0 saturated heterocycles.